The van der Waals surface area contributed by atoms with E-state index >= 15 is 0 Å². The van der Waals surface area contributed by atoms with Crippen LogP contribution >= 0.6 is 0 Å². The van der Waals surface area contributed by atoms with Crippen molar-refractivity contribution in [2.24, 2.45) is 5.92 Å². The van der Waals surface area contributed by atoms with Gasteiger partial charge in [0.1, 0.15) is 17.8 Å². The molecule has 0 aromatic carbocycles. The molecule has 1 saturated carbocycles. The number of hydrogen-bond acceptors (Lipinski definition) is 6. The number of pyridine rings is 1. The van der Waals surface area contributed by atoms with Crippen LogP contribution in [0.1, 0.15) is 61.5 Å². The van der Waals surface area contributed by atoms with Crippen LogP contribution in [0.5, 0.6) is 0 Å². The van der Waals surface area contributed by atoms with Crippen molar-refractivity contribution in [2.45, 2.75) is 57.0 Å². The van der Waals surface area contributed by atoms with Crippen molar-refractivity contribution < 1.29 is 4.79 Å². The number of aromatic nitrogens is 5. The van der Waals surface area contributed by atoms with Gasteiger partial charge in [-0.25, -0.2) is 19.7 Å². The molecule has 0 radical (unpaired) electrons. The predicted molar refractivity (Wildman–Crippen MR) is 124 cm³/mol. The Morgan fingerprint density at radius 2 is 1.85 bits per heavy atom. The van der Waals surface area contributed by atoms with E-state index in [0.717, 1.165) is 56.7 Å². The Balaban J connectivity index is 1.17. The van der Waals surface area contributed by atoms with Gasteiger partial charge in [0.05, 0.1) is 5.52 Å². The molecule has 172 valence electrons. The Morgan fingerprint density at radius 1 is 1.00 bits per heavy atom. The normalized spacial score (nSPS) is 23.8. The van der Waals surface area contributed by atoms with Crippen LogP contribution in [-0.4, -0.2) is 61.0 Å². The number of carbonyl (C=O) groups is 1. The average molecular weight is 448 g/mol. The number of amides is 1. The number of carbonyl (C=O) groups excluding carboxylic acids is 1. The van der Waals surface area contributed by atoms with Gasteiger partial charge in [-0.15, -0.1) is 0 Å². The smallest absolute Gasteiger partial charge is 0.327 e. The molecular formula is C24H29N7O2. The summed E-state index contributed by atoms with van der Waals surface area (Å²) in [6, 6.07) is 6.13. The summed E-state index contributed by atoms with van der Waals surface area (Å²) in [6.45, 7) is 2.37. The number of nitrogens with zero attached hydrogens (tertiary/aromatic N) is 6. The van der Waals surface area contributed by atoms with Gasteiger partial charge >= 0.3 is 5.69 Å². The van der Waals surface area contributed by atoms with Crippen molar-refractivity contribution in [3.63, 3.8) is 0 Å². The second kappa shape index (κ2) is 8.28. The molecule has 9 heteroatoms. The van der Waals surface area contributed by atoms with Gasteiger partial charge in [-0.1, -0.05) is 12.8 Å². The number of H-pyrrole nitrogens is 1. The zero-order chi connectivity index (χ0) is 22.4. The lowest BCUT2D eigenvalue weighted by Crippen LogP contribution is -2.40. The van der Waals surface area contributed by atoms with Crippen LogP contribution in [0.25, 0.3) is 11.2 Å². The van der Waals surface area contributed by atoms with Crippen molar-refractivity contribution in [3.05, 3.63) is 46.9 Å². The highest BCUT2D eigenvalue weighted by Crippen LogP contribution is 2.37. The van der Waals surface area contributed by atoms with Gasteiger partial charge in [0.15, 0.2) is 5.65 Å². The van der Waals surface area contributed by atoms with Crippen LogP contribution < -0.4 is 10.6 Å². The maximum atomic E-state index is 13.3. The van der Waals surface area contributed by atoms with Crippen molar-refractivity contribution >= 4 is 22.9 Å². The summed E-state index contributed by atoms with van der Waals surface area (Å²) in [5.41, 5.74) is 1.87. The first kappa shape index (κ1) is 20.4. The van der Waals surface area contributed by atoms with E-state index in [2.05, 4.69) is 29.7 Å². The first-order chi connectivity index (χ1) is 16.2. The Labute approximate surface area is 191 Å². The molecule has 0 bridgehead atoms. The molecule has 1 amide bonds. The minimum Gasteiger partial charge on any atom is -0.356 e. The molecule has 3 aromatic rings. The second-order valence-electron chi connectivity index (χ2n) is 9.55. The number of anilines is 1. The summed E-state index contributed by atoms with van der Waals surface area (Å²) in [6.07, 6.45) is 10.8. The summed E-state index contributed by atoms with van der Waals surface area (Å²) < 4.78 is 1.84. The summed E-state index contributed by atoms with van der Waals surface area (Å²) in [4.78, 5) is 46.0. The van der Waals surface area contributed by atoms with Gasteiger partial charge in [0.25, 0.3) is 5.91 Å². The number of hydrogen-bond donors (Lipinski definition) is 1. The molecule has 2 unspecified atom stereocenters. The fourth-order valence-corrected chi connectivity index (χ4v) is 6.12. The van der Waals surface area contributed by atoms with E-state index in [-0.39, 0.29) is 17.6 Å². The van der Waals surface area contributed by atoms with Gasteiger partial charge in [-0.3, -0.25) is 14.3 Å². The van der Waals surface area contributed by atoms with Gasteiger partial charge in [0, 0.05) is 44.0 Å². The van der Waals surface area contributed by atoms with Gasteiger partial charge in [-0.05, 0) is 50.2 Å². The van der Waals surface area contributed by atoms with Crippen molar-refractivity contribution in [2.75, 3.05) is 24.5 Å². The number of aromatic amines is 1. The summed E-state index contributed by atoms with van der Waals surface area (Å²) >= 11 is 0. The SMILES string of the molecule is O=C(c1cc(N2CCC(n3c(=O)[nH]c4ncccc43)CC2)ncn1)N1CCC2CCCCC21. The summed E-state index contributed by atoms with van der Waals surface area (Å²) in [5, 5.41) is 0. The van der Waals surface area contributed by atoms with Crippen LogP contribution in [0.4, 0.5) is 5.82 Å². The number of rotatable bonds is 3. The predicted octanol–water partition coefficient (Wildman–Crippen LogP) is 2.76. The lowest BCUT2D eigenvalue weighted by molar-refractivity contribution is 0.0684. The van der Waals surface area contributed by atoms with Gasteiger partial charge < -0.3 is 9.80 Å². The van der Waals surface area contributed by atoms with Crippen LogP contribution in [0.15, 0.2) is 35.5 Å². The van der Waals surface area contributed by atoms with E-state index in [0.29, 0.717) is 23.3 Å². The van der Waals surface area contributed by atoms with Crippen LogP contribution in [0.3, 0.4) is 0 Å². The first-order valence-electron chi connectivity index (χ1n) is 12.1. The Bertz CT molecular complexity index is 1230. The molecule has 2 aliphatic heterocycles. The number of piperidine rings is 1. The number of nitrogens with one attached hydrogen (secondary N) is 1. The molecule has 33 heavy (non-hydrogen) atoms. The largest absolute Gasteiger partial charge is 0.356 e. The molecule has 1 N–H and O–H groups in total. The maximum Gasteiger partial charge on any atom is 0.327 e. The summed E-state index contributed by atoms with van der Waals surface area (Å²) in [5.74, 6) is 1.49. The lowest BCUT2D eigenvalue weighted by Gasteiger charge is -2.33. The van der Waals surface area contributed by atoms with Gasteiger partial charge in [-0.2, -0.15) is 0 Å². The van der Waals surface area contributed by atoms with E-state index in [4.69, 9.17) is 0 Å². The highest BCUT2D eigenvalue weighted by atomic mass is 16.2. The number of imidazole rings is 1. The molecular weight excluding hydrogens is 418 g/mol. The quantitative estimate of drug-likeness (QED) is 0.663. The Kier molecular flexibility index (Phi) is 5.11. The first-order valence-corrected chi connectivity index (χ1v) is 12.1. The third kappa shape index (κ3) is 3.59. The molecule has 9 nitrogen and oxygen atoms in total. The topological polar surface area (TPSA) is 100 Å². The maximum absolute atomic E-state index is 13.3. The molecule has 2 atom stereocenters. The molecule has 3 aliphatic rings. The third-order valence-corrected chi connectivity index (χ3v) is 7.79. The third-order valence-electron chi connectivity index (χ3n) is 7.79. The molecule has 2 saturated heterocycles. The highest BCUT2D eigenvalue weighted by Gasteiger charge is 2.39. The zero-order valence-electron chi connectivity index (χ0n) is 18.7. The minimum atomic E-state index is -0.108. The van der Waals surface area contributed by atoms with E-state index < -0.39 is 0 Å². The molecule has 3 aromatic heterocycles. The average Bonchev–Trinajstić information content (AvgIpc) is 3.44. The molecule has 5 heterocycles. The molecule has 3 fully saturated rings. The van der Waals surface area contributed by atoms with E-state index in [1.165, 1.54) is 25.6 Å². The fraction of sp³-hybridized carbons (Fsp3) is 0.542. The second-order valence-corrected chi connectivity index (χ2v) is 9.55. The standard InChI is InChI=1S/C24H29N7O2/c32-23(30-13-7-16-4-1-2-5-19(16)30)18-14-21(27-15-26-18)29-11-8-17(9-12-29)31-20-6-3-10-25-22(20)28-24(31)33/h3,6,10,14-17,19H,1-2,4-5,7-9,11-13H2,(H,25,28,33). The lowest BCUT2D eigenvalue weighted by atomic mass is 9.85. The van der Waals surface area contributed by atoms with Crippen molar-refractivity contribution in [1.82, 2.24) is 29.4 Å². The highest BCUT2D eigenvalue weighted by molar-refractivity contribution is 5.93. The molecule has 6 rings (SSSR count). The van der Waals surface area contributed by atoms with E-state index in [9.17, 15) is 9.59 Å². The van der Waals surface area contributed by atoms with Crippen molar-refractivity contribution in [3.8, 4) is 0 Å². The van der Waals surface area contributed by atoms with Crippen LogP contribution in [0, 0.1) is 5.92 Å². The van der Waals surface area contributed by atoms with Crippen LogP contribution in [0.2, 0.25) is 0 Å². The Morgan fingerprint density at radius 3 is 2.73 bits per heavy atom. The van der Waals surface area contributed by atoms with Gasteiger partial charge in [0.2, 0.25) is 0 Å². The zero-order valence-corrected chi connectivity index (χ0v) is 18.7. The fourth-order valence-electron chi connectivity index (χ4n) is 6.12. The van der Waals surface area contributed by atoms with E-state index in [1.54, 1.807) is 6.20 Å². The molecule has 1 aliphatic carbocycles. The minimum absolute atomic E-state index is 0.0424. The number of likely N-dealkylation sites (tertiary alicyclic amines) is 1. The van der Waals surface area contributed by atoms with E-state index in [1.807, 2.05) is 22.8 Å². The van der Waals surface area contributed by atoms with Crippen molar-refractivity contribution in [1.29, 1.82) is 0 Å². The Hall–Kier alpha value is -3.23. The monoisotopic (exact) mass is 447 g/mol. The van der Waals surface area contributed by atoms with Crippen LogP contribution in [-0.2, 0) is 0 Å². The number of fused-ring (bicyclic) bond motifs is 2. The molecule has 0 spiro atoms. The summed E-state index contributed by atoms with van der Waals surface area (Å²) in [7, 11) is 0.